The summed E-state index contributed by atoms with van der Waals surface area (Å²) < 4.78 is 41.5. The molecular formula is C24H27FN2O3S. The second-order valence-electron chi connectivity index (χ2n) is 8.91. The molecule has 5 rings (SSSR count). The summed E-state index contributed by atoms with van der Waals surface area (Å²) in [7, 11) is -3.50. The van der Waals surface area contributed by atoms with Crippen LogP contribution in [0.25, 0.3) is 0 Å². The lowest BCUT2D eigenvalue weighted by atomic mass is 9.63. The third-order valence-electron chi connectivity index (χ3n) is 7.14. The number of carbonyl (C=O) groups excluding carboxylic acids is 1. The first-order chi connectivity index (χ1) is 14.9. The third-order valence-corrected chi connectivity index (χ3v) is 9.03. The number of nitrogens with zero attached hydrogens (tertiary/aromatic N) is 2. The van der Waals surface area contributed by atoms with Gasteiger partial charge in [-0.15, -0.1) is 0 Å². The molecule has 0 unspecified atom stereocenters. The van der Waals surface area contributed by atoms with Crippen molar-refractivity contribution in [3.63, 3.8) is 0 Å². The van der Waals surface area contributed by atoms with Gasteiger partial charge in [0.1, 0.15) is 5.82 Å². The Morgan fingerprint density at radius 2 is 1.71 bits per heavy atom. The number of hydrogen-bond donors (Lipinski definition) is 0. The number of fused-ring (bicyclic) bond motifs is 1. The second-order valence-corrected chi connectivity index (χ2v) is 10.8. The molecule has 0 radical (unpaired) electrons. The van der Waals surface area contributed by atoms with Crippen molar-refractivity contribution < 1.29 is 17.6 Å². The number of carbonyl (C=O) groups is 1. The Labute approximate surface area is 182 Å². The van der Waals surface area contributed by atoms with Crippen LogP contribution in [0.3, 0.4) is 0 Å². The largest absolute Gasteiger partial charge is 0.311 e. The summed E-state index contributed by atoms with van der Waals surface area (Å²) in [4.78, 5) is 15.7. The Balaban J connectivity index is 1.44. The molecule has 31 heavy (non-hydrogen) atoms. The van der Waals surface area contributed by atoms with Crippen LogP contribution in [-0.2, 0) is 26.7 Å². The molecule has 5 nitrogen and oxygen atoms in total. The van der Waals surface area contributed by atoms with Crippen LogP contribution < -0.4 is 4.90 Å². The Bertz CT molecular complexity index is 1120. The summed E-state index contributed by atoms with van der Waals surface area (Å²) in [6, 6.07) is 11.5. The van der Waals surface area contributed by atoms with Crippen LogP contribution in [-0.4, -0.2) is 38.3 Å². The van der Waals surface area contributed by atoms with Crippen molar-refractivity contribution in [1.29, 1.82) is 0 Å². The van der Waals surface area contributed by atoms with Gasteiger partial charge in [-0.3, -0.25) is 4.79 Å². The monoisotopic (exact) mass is 442 g/mol. The molecule has 2 aromatic carbocycles. The van der Waals surface area contributed by atoms with E-state index in [4.69, 9.17) is 0 Å². The first-order valence-corrected chi connectivity index (χ1v) is 12.6. The molecule has 0 N–H and O–H groups in total. The van der Waals surface area contributed by atoms with Gasteiger partial charge < -0.3 is 4.90 Å². The minimum Gasteiger partial charge on any atom is -0.311 e. The Hall–Kier alpha value is -2.25. The molecule has 1 saturated carbocycles. The fourth-order valence-corrected chi connectivity index (χ4v) is 6.77. The zero-order chi connectivity index (χ0) is 21.6. The third kappa shape index (κ3) is 3.38. The summed E-state index contributed by atoms with van der Waals surface area (Å²) in [6.45, 7) is 1.67. The van der Waals surface area contributed by atoms with Crippen molar-refractivity contribution in [1.82, 2.24) is 4.31 Å². The number of rotatable bonds is 4. The molecule has 164 valence electrons. The van der Waals surface area contributed by atoms with Crippen LogP contribution in [0.2, 0.25) is 0 Å². The van der Waals surface area contributed by atoms with Crippen molar-refractivity contribution in [2.75, 3.05) is 24.5 Å². The van der Waals surface area contributed by atoms with E-state index in [9.17, 15) is 17.6 Å². The smallest absolute Gasteiger partial charge is 0.243 e. The molecule has 0 aromatic heterocycles. The van der Waals surface area contributed by atoms with Gasteiger partial charge in [-0.2, -0.15) is 4.31 Å². The van der Waals surface area contributed by atoms with Crippen molar-refractivity contribution in [2.45, 2.75) is 55.3 Å². The quantitative estimate of drug-likeness (QED) is 0.719. The van der Waals surface area contributed by atoms with Gasteiger partial charge in [0.15, 0.2) is 0 Å². The molecule has 1 amide bonds. The number of anilines is 1. The van der Waals surface area contributed by atoms with Crippen molar-refractivity contribution in [3.05, 3.63) is 59.4 Å². The standard InChI is InChI=1S/C24H27FN2O3S/c25-20-7-4-6-19(17-20)24(11-5-12-24)23(28)27-15-10-18-16-21(8-9-22(18)27)31(29,30)26-13-2-1-3-14-26/h4,6-9,16-17H,1-3,5,10-15H2. The number of piperidine rings is 1. The number of benzene rings is 2. The molecule has 1 saturated heterocycles. The average molecular weight is 443 g/mol. The Morgan fingerprint density at radius 1 is 0.935 bits per heavy atom. The lowest BCUT2D eigenvalue weighted by Crippen LogP contribution is -2.50. The van der Waals surface area contributed by atoms with E-state index in [0.29, 0.717) is 43.8 Å². The molecule has 2 heterocycles. The second kappa shape index (κ2) is 7.71. The van der Waals surface area contributed by atoms with Gasteiger partial charge >= 0.3 is 0 Å². The van der Waals surface area contributed by atoms with Crippen LogP contribution in [0.15, 0.2) is 47.4 Å². The molecule has 0 atom stereocenters. The molecule has 0 spiro atoms. The summed E-state index contributed by atoms with van der Waals surface area (Å²) in [5.41, 5.74) is 1.73. The maximum atomic E-state index is 13.9. The number of amides is 1. The van der Waals surface area contributed by atoms with E-state index in [1.54, 1.807) is 33.5 Å². The van der Waals surface area contributed by atoms with E-state index in [1.165, 1.54) is 12.1 Å². The SMILES string of the molecule is O=C(N1CCc2cc(S(=O)(=O)N3CCCCC3)ccc21)C1(c2cccc(F)c2)CCC1. The molecule has 0 bridgehead atoms. The highest BCUT2D eigenvalue weighted by Crippen LogP contribution is 2.47. The molecule has 2 aromatic rings. The number of halogens is 1. The molecular weight excluding hydrogens is 415 g/mol. The van der Waals surface area contributed by atoms with E-state index in [0.717, 1.165) is 42.5 Å². The van der Waals surface area contributed by atoms with E-state index < -0.39 is 15.4 Å². The maximum absolute atomic E-state index is 13.9. The zero-order valence-electron chi connectivity index (χ0n) is 17.5. The fraction of sp³-hybridized carbons (Fsp3) is 0.458. The summed E-state index contributed by atoms with van der Waals surface area (Å²) >= 11 is 0. The van der Waals surface area contributed by atoms with Gasteiger partial charge in [0.25, 0.3) is 0 Å². The predicted molar refractivity (Wildman–Crippen MR) is 117 cm³/mol. The normalized spacial score (nSPS) is 20.9. The summed E-state index contributed by atoms with van der Waals surface area (Å²) in [6.07, 6.45) is 5.86. The summed E-state index contributed by atoms with van der Waals surface area (Å²) in [5.74, 6) is -0.333. The van der Waals surface area contributed by atoms with Gasteiger partial charge in [0, 0.05) is 25.3 Å². The zero-order valence-corrected chi connectivity index (χ0v) is 18.3. The van der Waals surface area contributed by atoms with Crippen LogP contribution in [0, 0.1) is 5.82 Å². The van der Waals surface area contributed by atoms with E-state index >= 15 is 0 Å². The van der Waals surface area contributed by atoms with Crippen LogP contribution in [0.4, 0.5) is 10.1 Å². The maximum Gasteiger partial charge on any atom is 0.243 e. The molecule has 2 aliphatic heterocycles. The highest BCUT2D eigenvalue weighted by molar-refractivity contribution is 7.89. The van der Waals surface area contributed by atoms with Gasteiger partial charge in [0.2, 0.25) is 15.9 Å². The van der Waals surface area contributed by atoms with E-state index in [2.05, 4.69) is 0 Å². The highest BCUT2D eigenvalue weighted by Gasteiger charge is 2.49. The lowest BCUT2D eigenvalue weighted by molar-refractivity contribution is -0.127. The lowest BCUT2D eigenvalue weighted by Gasteiger charge is -2.43. The first-order valence-electron chi connectivity index (χ1n) is 11.1. The Kier molecular flexibility index (Phi) is 5.13. The van der Waals surface area contributed by atoms with Crippen LogP contribution in [0.1, 0.15) is 49.7 Å². The van der Waals surface area contributed by atoms with Crippen LogP contribution >= 0.6 is 0 Å². The molecule has 3 aliphatic rings. The van der Waals surface area contributed by atoms with Gasteiger partial charge in [-0.1, -0.05) is 25.0 Å². The molecule has 2 fully saturated rings. The van der Waals surface area contributed by atoms with E-state index in [-0.39, 0.29) is 11.7 Å². The molecule has 1 aliphatic carbocycles. The van der Waals surface area contributed by atoms with E-state index in [1.807, 2.05) is 6.07 Å². The average Bonchev–Trinajstić information content (AvgIpc) is 3.17. The topological polar surface area (TPSA) is 57.7 Å². The summed E-state index contributed by atoms with van der Waals surface area (Å²) in [5, 5.41) is 0. The highest BCUT2D eigenvalue weighted by atomic mass is 32.2. The molecule has 7 heteroatoms. The predicted octanol–water partition coefficient (Wildman–Crippen LogP) is 4.01. The minimum atomic E-state index is -3.50. The van der Waals surface area contributed by atoms with Crippen molar-refractivity contribution in [3.8, 4) is 0 Å². The number of hydrogen-bond acceptors (Lipinski definition) is 3. The van der Waals surface area contributed by atoms with Crippen LogP contribution in [0.5, 0.6) is 0 Å². The van der Waals surface area contributed by atoms with Gasteiger partial charge in [-0.25, -0.2) is 12.8 Å². The fourth-order valence-electron chi connectivity index (χ4n) is 5.20. The number of sulfonamides is 1. The van der Waals surface area contributed by atoms with Gasteiger partial charge in [-0.05, 0) is 73.6 Å². The first kappa shape index (κ1) is 20.6. The van der Waals surface area contributed by atoms with Gasteiger partial charge in [0.05, 0.1) is 10.3 Å². The Morgan fingerprint density at radius 3 is 2.39 bits per heavy atom. The van der Waals surface area contributed by atoms with Crippen molar-refractivity contribution >= 4 is 21.6 Å². The van der Waals surface area contributed by atoms with Crippen molar-refractivity contribution in [2.24, 2.45) is 0 Å². The minimum absolute atomic E-state index is 0.00487.